The molecule has 0 aliphatic rings. The van der Waals surface area contributed by atoms with Gasteiger partial charge in [-0.05, 0) is 13.3 Å². The third-order valence-corrected chi connectivity index (χ3v) is 1.70. The smallest absolute Gasteiger partial charge is 0.155 e. The highest BCUT2D eigenvalue weighted by molar-refractivity contribution is 6.29. The molecule has 4 heteroatoms. The largest absolute Gasteiger partial charge is 0.489 e. The van der Waals surface area contributed by atoms with E-state index in [1.807, 2.05) is 6.92 Å². The number of halogens is 1. The van der Waals surface area contributed by atoms with Gasteiger partial charge >= 0.3 is 0 Å². The van der Waals surface area contributed by atoms with Gasteiger partial charge in [-0.15, -0.1) is 5.10 Å². The third-order valence-electron chi connectivity index (χ3n) is 1.51. The van der Waals surface area contributed by atoms with Gasteiger partial charge in [0, 0.05) is 6.07 Å². The van der Waals surface area contributed by atoms with Gasteiger partial charge in [0.25, 0.3) is 0 Å². The molecule has 1 rings (SSSR count). The summed E-state index contributed by atoms with van der Waals surface area (Å²) >= 11 is 5.62. The first-order valence-corrected chi connectivity index (χ1v) is 4.25. The lowest BCUT2D eigenvalue weighted by Crippen LogP contribution is -2.09. The van der Waals surface area contributed by atoms with Crippen LogP contribution in [0.15, 0.2) is 12.3 Å². The fourth-order valence-corrected chi connectivity index (χ4v) is 0.856. The summed E-state index contributed by atoms with van der Waals surface area (Å²) in [5, 5.41) is 7.63. The topological polar surface area (TPSA) is 35.0 Å². The maximum Gasteiger partial charge on any atom is 0.155 e. The van der Waals surface area contributed by atoms with Crippen molar-refractivity contribution in [2.75, 3.05) is 0 Å². The summed E-state index contributed by atoms with van der Waals surface area (Å²) in [5.41, 5.74) is 0. The van der Waals surface area contributed by atoms with Crippen LogP contribution in [0.1, 0.15) is 20.3 Å². The van der Waals surface area contributed by atoms with Crippen molar-refractivity contribution >= 4 is 11.6 Å². The van der Waals surface area contributed by atoms with Crippen molar-refractivity contribution in [1.29, 1.82) is 0 Å². The zero-order valence-corrected chi connectivity index (χ0v) is 7.88. The van der Waals surface area contributed by atoms with E-state index in [4.69, 9.17) is 16.3 Å². The Labute approximate surface area is 76.7 Å². The fraction of sp³-hybridized carbons (Fsp3) is 0.500. The number of nitrogens with zero attached hydrogens (tertiary/aromatic N) is 2. The van der Waals surface area contributed by atoms with E-state index < -0.39 is 0 Å². The molecule has 1 aromatic rings. The highest BCUT2D eigenvalue weighted by Crippen LogP contribution is 2.14. The average molecular weight is 187 g/mol. The van der Waals surface area contributed by atoms with Crippen LogP contribution in [0.2, 0.25) is 5.15 Å². The molecule has 0 saturated carbocycles. The summed E-state index contributed by atoms with van der Waals surface area (Å²) in [7, 11) is 0. The van der Waals surface area contributed by atoms with E-state index >= 15 is 0 Å². The van der Waals surface area contributed by atoms with E-state index in [0.717, 1.165) is 6.42 Å². The van der Waals surface area contributed by atoms with Gasteiger partial charge in [-0.3, -0.25) is 0 Å². The summed E-state index contributed by atoms with van der Waals surface area (Å²) in [6.07, 6.45) is 2.70. The fourth-order valence-electron chi connectivity index (χ4n) is 0.705. The van der Waals surface area contributed by atoms with E-state index in [9.17, 15) is 0 Å². The van der Waals surface area contributed by atoms with Crippen molar-refractivity contribution in [2.45, 2.75) is 26.4 Å². The molecule has 1 aromatic heterocycles. The van der Waals surface area contributed by atoms with Crippen LogP contribution in [0, 0.1) is 0 Å². The lowest BCUT2D eigenvalue weighted by Gasteiger charge is -2.11. The van der Waals surface area contributed by atoms with Crippen molar-refractivity contribution in [2.24, 2.45) is 0 Å². The standard InChI is InChI=1S/C8H11ClN2O/c1-3-6(2)12-7-4-8(9)11-10-5-7/h4-6H,3H2,1-2H3. The molecule has 0 saturated heterocycles. The Hall–Kier alpha value is -0.830. The highest BCUT2D eigenvalue weighted by atomic mass is 35.5. The van der Waals surface area contributed by atoms with Crippen molar-refractivity contribution in [3.05, 3.63) is 17.4 Å². The number of rotatable bonds is 3. The first-order valence-electron chi connectivity index (χ1n) is 3.87. The van der Waals surface area contributed by atoms with Gasteiger partial charge in [-0.2, -0.15) is 5.10 Å². The predicted molar refractivity (Wildman–Crippen MR) is 47.4 cm³/mol. The van der Waals surface area contributed by atoms with Gasteiger partial charge < -0.3 is 4.74 Å². The van der Waals surface area contributed by atoms with Crippen molar-refractivity contribution in [1.82, 2.24) is 10.2 Å². The van der Waals surface area contributed by atoms with Crippen LogP contribution in [-0.4, -0.2) is 16.3 Å². The number of ether oxygens (including phenoxy) is 1. The van der Waals surface area contributed by atoms with E-state index in [1.54, 1.807) is 12.3 Å². The summed E-state index contributed by atoms with van der Waals surface area (Å²) in [6, 6.07) is 1.65. The second-order valence-corrected chi connectivity index (χ2v) is 2.94. The van der Waals surface area contributed by atoms with E-state index in [2.05, 4.69) is 17.1 Å². The molecule has 0 aliphatic carbocycles. The molecule has 0 amide bonds. The van der Waals surface area contributed by atoms with Crippen molar-refractivity contribution < 1.29 is 4.74 Å². The summed E-state index contributed by atoms with van der Waals surface area (Å²) in [5.74, 6) is 0.671. The Kier molecular flexibility index (Phi) is 3.29. The van der Waals surface area contributed by atoms with Crippen LogP contribution in [0.5, 0.6) is 5.75 Å². The highest BCUT2D eigenvalue weighted by Gasteiger charge is 2.01. The molecule has 0 spiro atoms. The average Bonchev–Trinajstić information content (AvgIpc) is 2.04. The lowest BCUT2D eigenvalue weighted by atomic mass is 10.3. The second kappa shape index (κ2) is 4.26. The monoisotopic (exact) mass is 186 g/mol. The molecule has 0 N–H and O–H groups in total. The molecular weight excluding hydrogens is 176 g/mol. The van der Waals surface area contributed by atoms with Gasteiger partial charge in [-0.25, -0.2) is 0 Å². The molecule has 1 unspecified atom stereocenters. The third kappa shape index (κ3) is 2.66. The van der Waals surface area contributed by atoms with Gasteiger partial charge in [0.2, 0.25) is 0 Å². The van der Waals surface area contributed by atoms with Crippen LogP contribution in [0.25, 0.3) is 0 Å². The molecule has 1 atom stereocenters. The van der Waals surface area contributed by atoms with Crippen molar-refractivity contribution in [3.63, 3.8) is 0 Å². The predicted octanol–water partition coefficient (Wildman–Crippen LogP) is 2.31. The van der Waals surface area contributed by atoms with E-state index in [-0.39, 0.29) is 6.10 Å². The second-order valence-electron chi connectivity index (χ2n) is 2.55. The Balaban J connectivity index is 2.63. The first kappa shape index (κ1) is 9.26. The Morgan fingerprint density at radius 1 is 1.67 bits per heavy atom. The van der Waals surface area contributed by atoms with Crippen LogP contribution in [0.3, 0.4) is 0 Å². The molecular formula is C8H11ClN2O. The van der Waals surface area contributed by atoms with Gasteiger partial charge in [0.05, 0.1) is 12.3 Å². The molecule has 12 heavy (non-hydrogen) atoms. The quantitative estimate of drug-likeness (QED) is 0.727. The zero-order valence-electron chi connectivity index (χ0n) is 7.12. The molecule has 1 heterocycles. The minimum Gasteiger partial charge on any atom is -0.489 e. The Morgan fingerprint density at radius 2 is 2.42 bits per heavy atom. The van der Waals surface area contributed by atoms with Gasteiger partial charge in [0.15, 0.2) is 5.15 Å². The minimum absolute atomic E-state index is 0.185. The zero-order chi connectivity index (χ0) is 8.97. The number of hydrogen-bond acceptors (Lipinski definition) is 3. The van der Waals surface area contributed by atoms with Crippen molar-refractivity contribution in [3.8, 4) is 5.75 Å². The van der Waals surface area contributed by atoms with Crippen LogP contribution in [-0.2, 0) is 0 Å². The molecule has 0 bridgehead atoms. The normalized spacial score (nSPS) is 12.6. The molecule has 66 valence electrons. The van der Waals surface area contributed by atoms with E-state index in [1.165, 1.54) is 0 Å². The molecule has 0 aromatic carbocycles. The van der Waals surface area contributed by atoms with Crippen LogP contribution >= 0.6 is 11.6 Å². The Bertz CT molecular complexity index is 255. The summed E-state index contributed by atoms with van der Waals surface area (Å²) < 4.78 is 5.46. The molecule has 0 fully saturated rings. The number of hydrogen-bond donors (Lipinski definition) is 0. The van der Waals surface area contributed by atoms with Crippen LogP contribution in [0.4, 0.5) is 0 Å². The van der Waals surface area contributed by atoms with Gasteiger partial charge in [0.1, 0.15) is 5.75 Å². The maximum absolute atomic E-state index is 5.62. The Morgan fingerprint density at radius 3 is 3.00 bits per heavy atom. The molecule has 3 nitrogen and oxygen atoms in total. The molecule has 0 aliphatic heterocycles. The lowest BCUT2D eigenvalue weighted by molar-refractivity contribution is 0.216. The number of aromatic nitrogens is 2. The van der Waals surface area contributed by atoms with E-state index in [0.29, 0.717) is 10.9 Å². The SMILES string of the molecule is CCC(C)Oc1cnnc(Cl)c1. The van der Waals surface area contributed by atoms with Crippen LogP contribution < -0.4 is 4.74 Å². The molecule has 0 radical (unpaired) electrons. The van der Waals surface area contributed by atoms with Gasteiger partial charge in [-0.1, -0.05) is 18.5 Å². The first-order chi connectivity index (χ1) is 5.72. The summed E-state index contributed by atoms with van der Waals surface area (Å²) in [4.78, 5) is 0. The maximum atomic E-state index is 5.62. The minimum atomic E-state index is 0.185. The summed E-state index contributed by atoms with van der Waals surface area (Å²) in [6.45, 7) is 4.05.